The van der Waals surface area contributed by atoms with Crippen LogP contribution >= 0.6 is 27.3 Å². The van der Waals surface area contributed by atoms with Crippen molar-refractivity contribution in [3.8, 4) is 5.75 Å². The van der Waals surface area contributed by atoms with Gasteiger partial charge >= 0.3 is 0 Å². The van der Waals surface area contributed by atoms with E-state index in [1.54, 1.807) is 18.3 Å². The Morgan fingerprint density at radius 1 is 1.18 bits per heavy atom. The average molecular weight is 375 g/mol. The van der Waals surface area contributed by atoms with E-state index in [1.807, 2.05) is 36.4 Å². The quantitative estimate of drug-likeness (QED) is 0.534. The normalized spacial score (nSPS) is 11.1. The summed E-state index contributed by atoms with van der Waals surface area (Å²) in [6.45, 7) is 0. The number of benzene rings is 2. The molecule has 0 atom stereocenters. The van der Waals surface area contributed by atoms with E-state index < -0.39 is 5.91 Å². The van der Waals surface area contributed by atoms with Gasteiger partial charge in [-0.05, 0) is 51.0 Å². The van der Waals surface area contributed by atoms with Gasteiger partial charge in [0, 0.05) is 4.88 Å². The van der Waals surface area contributed by atoms with Crippen molar-refractivity contribution >= 4 is 50.2 Å². The number of halogens is 1. The van der Waals surface area contributed by atoms with Crippen LogP contribution in [0, 0.1) is 0 Å². The second-order valence-electron chi connectivity index (χ2n) is 4.56. The van der Waals surface area contributed by atoms with Crippen molar-refractivity contribution in [1.29, 1.82) is 0 Å². The predicted octanol–water partition coefficient (Wildman–Crippen LogP) is 4.13. The van der Waals surface area contributed by atoms with E-state index in [4.69, 9.17) is 0 Å². The van der Waals surface area contributed by atoms with Gasteiger partial charge < -0.3 is 5.11 Å². The number of nitrogens with one attached hydrogen (secondary N) is 1. The van der Waals surface area contributed by atoms with Crippen molar-refractivity contribution in [2.45, 2.75) is 0 Å². The Hall–Kier alpha value is -2.18. The molecule has 4 nitrogen and oxygen atoms in total. The molecule has 6 heteroatoms. The third kappa shape index (κ3) is 3.18. The Labute approximate surface area is 139 Å². The first kappa shape index (κ1) is 14.7. The molecular weight excluding hydrogens is 364 g/mol. The summed E-state index contributed by atoms with van der Waals surface area (Å²) in [7, 11) is 0. The lowest BCUT2D eigenvalue weighted by atomic mass is 10.1. The zero-order valence-electron chi connectivity index (χ0n) is 11.3. The number of hydrazone groups is 1. The van der Waals surface area contributed by atoms with Crippen LogP contribution in [0.4, 0.5) is 0 Å². The van der Waals surface area contributed by atoms with Gasteiger partial charge in [0.05, 0.1) is 15.6 Å². The first-order valence-corrected chi connectivity index (χ1v) is 8.05. The van der Waals surface area contributed by atoms with E-state index in [0.29, 0.717) is 0 Å². The number of rotatable bonds is 3. The molecule has 1 amide bonds. The Morgan fingerprint density at radius 3 is 2.59 bits per heavy atom. The lowest BCUT2D eigenvalue weighted by Gasteiger charge is -2.05. The fourth-order valence-electron chi connectivity index (χ4n) is 2.02. The SMILES string of the molecule is O=C(NN=Cc1ccc(Br)s1)c1cc2ccccc2cc1O. The maximum atomic E-state index is 12.1. The lowest BCUT2D eigenvalue weighted by Crippen LogP contribution is -2.17. The maximum absolute atomic E-state index is 12.1. The van der Waals surface area contributed by atoms with Crippen molar-refractivity contribution in [1.82, 2.24) is 5.43 Å². The third-order valence-corrected chi connectivity index (χ3v) is 4.62. The highest BCUT2D eigenvalue weighted by Gasteiger charge is 2.11. The van der Waals surface area contributed by atoms with Gasteiger partial charge in [-0.15, -0.1) is 11.3 Å². The first-order valence-electron chi connectivity index (χ1n) is 6.44. The second kappa shape index (κ2) is 6.29. The highest BCUT2D eigenvalue weighted by molar-refractivity contribution is 9.11. The van der Waals surface area contributed by atoms with Gasteiger partial charge in [0.2, 0.25) is 0 Å². The number of thiophene rings is 1. The maximum Gasteiger partial charge on any atom is 0.275 e. The van der Waals surface area contributed by atoms with Crippen molar-refractivity contribution in [2.24, 2.45) is 5.10 Å². The third-order valence-electron chi connectivity index (χ3n) is 3.06. The molecule has 2 N–H and O–H groups in total. The minimum absolute atomic E-state index is 0.0646. The highest BCUT2D eigenvalue weighted by atomic mass is 79.9. The van der Waals surface area contributed by atoms with Crippen LogP contribution < -0.4 is 5.43 Å². The zero-order chi connectivity index (χ0) is 15.5. The average Bonchev–Trinajstić information content (AvgIpc) is 2.92. The molecule has 1 aromatic heterocycles. The molecule has 3 rings (SSSR count). The number of hydrogen-bond acceptors (Lipinski definition) is 4. The standard InChI is InChI=1S/C16H11BrN2O2S/c17-15-6-5-12(22-15)9-18-19-16(21)13-7-10-3-1-2-4-11(10)8-14(13)20/h1-9,20H,(H,19,21). The molecule has 0 radical (unpaired) electrons. The van der Waals surface area contributed by atoms with Crippen molar-refractivity contribution in [3.63, 3.8) is 0 Å². The van der Waals surface area contributed by atoms with Crippen molar-refractivity contribution in [2.75, 3.05) is 0 Å². The highest BCUT2D eigenvalue weighted by Crippen LogP contribution is 2.25. The molecule has 0 aliphatic rings. The van der Waals surface area contributed by atoms with Gasteiger partial charge in [0.1, 0.15) is 5.75 Å². The smallest absolute Gasteiger partial charge is 0.275 e. The van der Waals surface area contributed by atoms with E-state index in [2.05, 4.69) is 26.5 Å². The molecule has 0 spiro atoms. The fraction of sp³-hybridized carbons (Fsp3) is 0. The van der Waals surface area contributed by atoms with Crippen LogP contribution in [0.15, 0.2) is 57.4 Å². The molecule has 0 aliphatic carbocycles. The fourth-order valence-corrected chi connectivity index (χ4v) is 3.32. The summed E-state index contributed by atoms with van der Waals surface area (Å²) in [6.07, 6.45) is 1.56. The van der Waals surface area contributed by atoms with Gasteiger partial charge in [0.15, 0.2) is 0 Å². The van der Waals surface area contributed by atoms with Crippen molar-refractivity contribution in [3.05, 3.63) is 62.8 Å². The predicted molar refractivity (Wildman–Crippen MR) is 92.7 cm³/mol. The number of phenolic OH excluding ortho intramolecular Hbond substituents is 1. The van der Waals surface area contributed by atoms with Crippen LogP contribution in [0.3, 0.4) is 0 Å². The molecule has 2 aromatic carbocycles. The van der Waals surface area contributed by atoms with Gasteiger partial charge in [0.25, 0.3) is 5.91 Å². The van der Waals surface area contributed by atoms with E-state index in [9.17, 15) is 9.90 Å². The van der Waals surface area contributed by atoms with Gasteiger partial charge in [-0.3, -0.25) is 4.79 Å². The van der Waals surface area contributed by atoms with Crippen LogP contribution in [-0.2, 0) is 0 Å². The van der Waals surface area contributed by atoms with Crippen LogP contribution in [0.5, 0.6) is 5.75 Å². The Morgan fingerprint density at radius 2 is 1.91 bits per heavy atom. The Kier molecular flexibility index (Phi) is 4.22. The monoisotopic (exact) mass is 374 g/mol. The minimum atomic E-state index is -0.449. The van der Waals surface area contributed by atoms with Crippen molar-refractivity contribution < 1.29 is 9.90 Å². The molecule has 0 unspecified atom stereocenters. The molecule has 110 valence electrons. The molecule has 0 fully saturated rings. The Bertz CT molecular complexity index is 873. The number of phenols is 1. The summed E-state index contributed by atoms with van der Waals surface area (Å²) in [6, 6.07) is 14.5. The van der Waals surface area contributed by atoms with Crippen LogP contribution in [0.2, 0.25) is 0 Å². The molecule has 0 aliphatic heterocycles. The van der Waals surface area contributed by atoms with E-state index in [-0.39, 0.29) is 11.3 Å². The first-order chi connectivity index (χ1) is 10.6. The largest absolute Gasteiger partial charge is 0.507 e. The number of carbonyl (C=O) groups excluding carboxylic acids is 1. The summed E-state index contributed by atoms with van der Waals surface area (Å²) >= 11 is 4.87. The van der Waals surface area contributed by atoms with E-state index >= 15 is 0 Å². The van der Waals surface area contributed by atoms with E-state index in [1.165, 1.54) is 11.3 Å². The van der Waals surface area contributed by atoms with E-state index in [0.717, 1.165) is 19.4 Å². The molecular formula is C16H11BrN2O2S. The summed E-state index contributed by atoms with van der Waals surface area (Å²) in [5, 5.41) is 15.7. The summed E-state index contributed by atoms with van der Waals surface area (Å²) in [5.74, 6) is -0.514. The van der Waals surface area contributed by atoms with Crippen LogP contribution in [0.1, 0.15) is 15.2 Å². The van der Waals surface area contributed by atoms with Gasteiger partial charge in [-0.25, -0.2) is 5.43 Å². The molecule has 0 saturated carbocycles. The number of carbonyl (C=O) groups is 1. The topological polar surface area (TPSA) is 61.7 Å². The lowest BCUT2D eigenvalue weighted by molar-refractivity contribution is 0.0952. The minimum Gasteiger partial charge on any atom is -0.507 e. The molecule has 3 aromatic rings. The number of amides is 1. The summed E-state index contributed by atoms with van der Waals surface area (Å²) in [5.41, 5.74) is 2.62. The van der Waals surface area contributed by atoms with Crippen LogP contribution in [-0.4, -0.2) is 17.2 Å². The molecule has 0 bridgehead atoms. The number of nitrogens with zero attached hydrogens (tertiary/aromatic N) is 1. The summed E-state index contributed by atoms with van der Waals surface area (Å²) < 4.78 is 0.993. The van der Waals surface area contributed by atoms with Crippen LogP contribution in [0.25, 0.3) is 10.8 Å². The summed E-state index contributed by atoms with van der Waals surface area (Å²) in [4.78, 5) is 13.0. The zero-order valence-corrected chi connectivity index (χ0v) is 13.7. The molecule has 22 heavy (non-hydrogen) atoms. The second-order valence-corrected chi connectivity index (χ2v) is 7.05. The number of fused-ring (bicyclic) bond motifs is 1. The molecule has 0 saturated heterocycles. The number of aromatic hydroxyl groups is 1. The molecule has 1 heterocycles. The Balaban J connectivity index is 1.80. The number of hydrogen-bond donors (Lipinski definition) is 2. The van der Waals surface area contributed by atoms with Gasteiger partial charge in [-0.1, -0.05) is 24.3 Å². The van der Waals surface area contributed by atoms with Gasteiger partial charge in [-0.2, -0.15) is 5.10 Å².